The lowest BCUT2D eigenvalue weighted by atomic mass is 9.89. The number of ether oxygens (including phenoxy) is 1. The van der Waals surface area contributed by atoms with Gasteiger partial charge in [0.25, 0.3) is 0 Å². The minimum atomic E-state index is -0.886. The summed E-state index contributed by atoms with van der Waals surface area (Å²) in [6.07, 6.45) is -0.457. The highest BCUT2D eigenvalue weighted by molar-refractivity contribution is 5.76. The second-order valence-corrected chi connectivity index (χ2v) is 7.42. The highest BCUT2D eigenvalue weighted by Crippen LogP contribution is 2.34. The zero-order chi connectivity index (χ0) is 18.1. The van der Waals surface area contributed by atoms with Gasteiger partial charge in [-0.3, -0.25) is 4.79 Å². The summed E-state index contributed by atoms with van der Waals surface area (Å²) in [5, 5.41) is 9.53. The van der Waals surface area contributed by atoms with Crippen LogP contribution in [0.2, 0.25) is 0 Å². The molecule has 0 saturated carbocycles. The summed E-state index contributed by atoms with van der Waals surface area (Å²) >= 11 is 0. The van der Waals surface area contributed by atoms with Crippen LogP contribution in [0.4, 0.5) is 10.5 Å². The molecule has 0 radical (unpaired) electrons. The summed E-state index contributed by atoms with van der Waals surface area (Å²) < 4.78 is 5.37. The molecule has 132 valence electrons. The van der Waals surface area contributed by atoms with E-state index in [0.29, 0.717) is 6.54 Å². The maximum absolute atomic E-state index is 12.3. The van der Waals surface area contributed by atoms with E-state index in [-0.39, 0.29) is 12.5 Å². The van der Waals surface area contributed by atoms with Crippen molar-refractivity contribution in [1.29, 1.82) is 0 Å². The smallest absolute Gasteiger partial charge is 0.410 e. The van der Waals surface area contributed by atoms with Gasteiger partial charge in [0.15, 0.2) is 0 Å². The van der Waals surface area contributed by atoms with E-state index in [1.54, 1.807) is 20.8 Å². The first-order valence-corrected chi connectivity index (χ1v) is 8.06. The molecule has 0 unspecified atom stereocenters. The number of hydrogen-bond donors (Lipinski definition) is 1. The molecule has 1 saturated heterocycles. The molecule has 24 heavy (non-hydrogen) atoms. The first-order chi connectivity index (χ1) is 11.1. The van der Waals surface area contributed by atoms with Crippen molar-refractivity contribution in [3.05, 3.63) is 29.8 Å². The predicted molar refractivity (Wildman–Crippen MR) is 92.4 cm³/mol. The van der Waals surface area contributed by atoms with Crippen molar-refractivity contribution in [2.45, 2.75) is 32.3 Å². The van der Waals surface area contributed by atoms with Crippen molar-refractivity contribution in [2.24, 2.45) is 5.92 Å². The number of hydrogen-bond acceptors (Lipinski definition) is 4. The third-order valence-corrected chi connectivity index (χ3v) is 4.13. The fraction of sp³-hybridized carbons (Fsp3) is 0.556. The molecule has 1 aliphatic heterocycles. The lowest BCUT2D eigenvalue weighted by molar-refractivity contribution is -0.141. The molecule has 1 aromatic rings. The van der Waals surface area contributed by atoms with Crippen molar-refractivity contribution in [2.75, 3.05) is 32.1 Å². The summed E-state index contributed by atoms with van der Waals surface area (Å²) in [6, 6.07) is 7.80. The monoisotopic (exact) mass is 334 g/mol. The Morgan fingerprint density at radius 3 is 2.21 bits per heavy atom. The van der Waals surface area contributed by atoms with Crippen LogP contribution in [-0.2, 0) is 9.53 Å². The average Bonchev–Trinajstić information content (AvgIpc) is 2.91. The third kappa shape index (κ3) is 4.19. The second kappa shape index (κ2) is 6.71. The van der Waals surface area contributed by atoms with Crippen LogP contribution >= 0.6 is 0 Å². The maximum Gasteiger partial charge on any atom is 0.410 e. The molecule has 1 fully saturated rings. The van der Waals surface area contributed by atoms with E-state index in [0.717, 1.165) is 11.3 Å². The minimum absolute atomic E-state index is 0.171. The van der Waals surface area contributed by atoms with Gasteiger partial charge in [0.05, 0.1) is 5.92 Å². The molecule has 1 N–H and O–H groups in total. The van der Waals surface area contributed by atoms with E-state index >= 15 is 0 Å². The fourth-order valence-corrected chi connectivity index (χ4v) is 2.89. The number of carboxylic acids is 1. The molecular formula is C18H26N2O4. The van der Waals surface area contributed by atoms with Crippen LogP contribution in [0.5, 0.6) is 0 Å². The number of anilines is 1. The van der Waals surface area contributed by atoms with Crippen molar-refractivity contribution in [3.8, 4) is 0 Å². The van der Waals surface area contributed by atoms with Crippen LogP contribution in [-0.4, -0.2) is 54.9 Å². The summed E-state index contributed by atoms with van der Waals surface area (Å²) in [4.78, 5) is 27.4. The van der Waals surface area contributed by atoms with Crippen LogP contribution in [0.15, 0.2) is 24.3 Å². The molecule has 2 atom stereocenters. The quantitative estimate of drug-likeness (QED) is 0.920. The Morgan fingerprint density at radius 2 is 1.75 bits per heavy atom. The molecule has 6 heteroatoms. The largest absolute Gasteiger partial charge is 0.481 e. The number of carbonyl (C=O) groups excluding carboxylic acids is 1. The summed E-state index contributed by atoms with van der Waals surface area (Å²) in [7, 11) is 3.91. The van der Waals surface area contributed by atoms with Crippen molar-refractivity contribution >= 4 is 17.7 Å². The lowest BCUT2D eigenvalue weighted by Crippen LogP contribution is -2.35. The zero-order valence-corrected chi connectivity index (χ0v) is 14.9. The van der Waals surface area contributed by atoms with Gasteiger partial charge in [0, 0.05) is 38.8 Å². The first-order valence-electron chi connectivity index (χ1n) is 8.06. The standard InChI is InChI=1S/C18H26N2O4/c1-18(2,3)24-17(23)20-10-14(15(11-20)16(21)22)12-6-8-13(9-7-12)19(4)5/h6-9,14-15H,10-11H2,1-5H3,(H,21,22)/t14-,15-/m1/s1. The molecule has 0 aliphatic carbocycles. The van der Waals surface area contributed by atoms with Gasteiger partial charge in [-0.1, -0.05) is 12.1 Å². The van der Waals surface area contributed by atoms with Crippen LogP contribution in [0, 0.1) is 5.92 Å². The first kappa shape index (κ1) is 18.1. The normalized spacial score (nSPS) is 20.8. The van der Waals surface area contributed by atoms with Crippen molar-refractivity contribution in [1.82, 2.24) is 4.90 Å². The molecule has 0 bridgehead atoms. The third-order valence-electron chi connectivity index (χ3n) is 4.13. The number of amides is 1. The molecule has 2 rings (SSSR count). The van der Waals surface area contributed by atoms with Gasteiger partial charge in [-0.15, -0.1) is 0 Å². The molecule has 1 aromatic carbocycles. The Hall–Kier alpha value is -2.24. The van der Waals surface area contributed by atoms with Crippen LogP contribution in [0.3, 0.4) is 0 Å². The maximum atomic E-state index is 12.3. The van der Waals surface area contributed by atoms with Gasteiger partial charge < -0.3 is 19.6 Å². The van der Waals surface area contributed by atoms with E-state index in [1.807, 2.05) is 43.3 Å². The topological polar surface area (TPSA) is 70.1 Å². The Labute approximate surface area is 143 Å². The number of likely N-dealkylation sites (tertiary alicyclic amines) is 1. The van der Waals surface area contributed by atoms with Gasteiger partial charge in [-0.25, -0.2) is 4.79 Å². The number of nitrogens with zero attached hydrogens (tertiary/aromatic N) is 2. The van der Waals surface area contributed by atoms with E-state index < -0.39 is 23.6 Å². The van der Waals surface area contributed by atoms with Gasteiger partial charge in [0.2, 0.25) is 0 Å². The molecule has 0 spiro atoms. The molecule has 1 amide bonds. The number of aliphatic carboxylic acids is 1. The Balaban J connectivity index is 2.19. The summed E-state index contributed by atoms with van der Waals surface area (Å²) in [5.41, 5.74) is 1.38. The number of carboxylic acid groups (broad SMARTS) is 1. The van der Waals surface area contributed by atoms with Crippen LogP contribution in [0.1, 0.15) is 32.3 Å². The Morgan fingerprint density at radius 1 is 1.17 bits per heavy atom. The summed E-state index contributed by atoms with van der Waals surface area (Å²) in [6.45, 7) is 5.92. The van der Waals surface area contributed by atoms with E-state index in [2.05, 4.69) is 0 Å². The van der Waals surface area contributed by atoms with Gasteiger partial charge in [0.1, 0.15) is 5.60 Å². The SMILES string of the molecule is CN(C)c1ccc([C@H]2CN(C(=O)OC(C)(C)C)C[C@H]2C(=O)O)cc1. The lowest BCUT2D eigenvalue weighted by Gasteiger charge is -2.24. The average molecular weight is 334 g/mol. The second-order valence-electron chi connectivity index (χ2n) is 7.42. The fourth-order valence-electron chi connectivity index (χ4n) is 2.89. The molecule has 1 aliphatic rings. The Kier molecular flexibility index (Phi) is 5.06. The minimum Gasteiger partial charge on any atom is -0.481 e. The van der Waals surface area contributed by atoms with Crippen LogP contribution < -0.4 is 4.90 Å². The van der Waals surface area contributed by atoms with Crippen molar-refractivity contribution < 1.29 is 19.4 Å². The summed E-state index contributed by atoms with van der Waals surface area (Å²) in [5.74, 6) is -1.74. The van der Waals surface area contributed by atoms with Gasteiger partial charge in [-0.2, -0.15) is 0 Å². The highest BCUT2D eigenvalue weighted by Gasteiger charge is 2.41. The zero-order valence-electron chi connectivity index (χ0n) is 14.9. The number of benzene rings is 1. The Bertz CT molecular complexity index is 604. The predicted octanol–water partition coefficient (Wildman–Crippen LogP) is 2.79. The van der Waals surface area contributed by atoms with E-state index in [1.165, 1.54) is 4.90 Å². The van der Waals surface area contributed by atoms with E-state index in [4.69, 9.17) is 4.74 Å². The number of rotatable bonds is 3. The van der Waals surface area contributed by atoms with Gasteiger partial charge >= 0.3 is 12.1 Å². The molecule has 6 nitrogen and oxygen atoms in total. The number of carbonyl (C=O) groups is 2. The molecular weight excluding hydrogens is 308 g/mol. The molecule has 0 aromatic heterocycles. The van der Waals surface area contributed by atoms with Crippen LogP contribution in [0.25, 0.3) is 0 Å². The van der Waals surface area contributed by atoms with Gasteiger partial charge in [-0.05, 0) is 38.5 Å². The van der Waals surface area contributed by atoms with E-state index in [9.17, 15) is 14.7 Å². The molecule has 1 heterocycles. The van der Waals surface area contributed by atoms with Crippen molar-refractivity contribution in [3.63, 3.8) is 0 Å². The highest BCUT2D eigenvalue weighted by atomic mass is 16.6.